The molecular weight excluding hydrogens is 214 g/mol. The first-order chi connectivity index (χ1) is 8.13. The summed E-state index contributed by atoms with van der Waals surface area (Å²) in [4.78, 5) is 11.3. The number of nitrogens with zero attached hydrogens (tertiary/aromatic N) is 3. The van der Waals surface area contributed by atoms with Crippen LogP contribution in [0.4, 0.5) is 5.82 Å². The summed E-state index contributed by atoms with van der Waals surface area (Å²) in [6.45, 7) is 3.95. The predicted molar refractivity (Wildman–Crippen MR) is 66.0 cm³/mol. The molecule has 2 fully saturated rings. The first-order valence-electron chi connectivity index (χ1n) is 6.42. The molecule has 2 saturated heterocycles. The Morgan fingerprint density at radius 3 is 2.41 bits per heavy atom. The second-order valence-electron chi connectivity index (χ2n) is 5.33. The fourth-order valence-electron chi connectivity index (χ4n) is 3.35. The van der Waals surface area contributed by atoms with E-state index in [4.69, 9.17) is 0 Å². The van der Waals surface area contributed by atoms with Crippen molar-refractivity contribution in [1.29, 1.82) is 0 Å². The molecule has 0 amide bonds. The highest BCUT2D eigenvalue weighted by Gasteiger charge is 2.40. The average Bonchev–Trinajstić information content (AvgIpc) is 2.50. The summed E-state index contributed by atoms with van der Waals surface area (Å²) in [5.74, 6) is 1.89. The van der Waals surface area contributed by atoms with Crippen molar-refractivity contribution < 1.29 is 5.11 Å². The van der Waals surface area contributed by atoms with Crippen molar-refractivity contribution in [2.24, 2.45) is 0 Å². The molecule has 0 radical (unpaired) electrons. The van der Waals surface area contributed by atoms with Gasteiger partial charge in [-0.2, -0.15) is 0 Å². The lowest BCUT2D eigenvalue weighted by Crippen LogP contribution is -2.45. The molecule has 3 rings (SSSR count). The number of aryl methyl sites for hydroxylation is 2. The van der Waals surface area contributed by atoms with Crippen LogP contribution in [0, 0.1) is 13.8 Å². The average molecular weight is 233 g/mol. The van der Waals surface area contributed by atoms with Crippen molar-refractivity contribution in [3.63, 3.8) is 0 Å². The molecule has 4 heteroatoms. The molecule has 0 saturated carbocycles. The normalized spacial score (nSPS) is 31.9. The standard InChI is InChI=1S/C13H19N3O/c1-8-5-13(15-9(2)14-8)16-10-3-4-11(16)7-12(17)6-10/h5,10-12,17H,3-4,6-7H2,1-2H3. The molecule has 0 spiro atoms. The number of rotatable bonds is 1. The van der Waals surface area contributed by atoms with Gasteiger partial charge in [-0.25, -0.2) is 9.97 Å². The number of aliphatic hydroxyl groups excluding tert-OH is 1. The number of hydrogen-bond acceptors (Lipinski definition) is 4. The molecule has 2 aliphatic rings. The maximum absolute atomic E-state index is 9.80. The Kier molecular flexibility index (Phi) is 2.54. The monoisotopic (exact) mass is 233 g/mol. The molecular formula is C13H19N3O. The van der Waals surface area contributed by atoms with E-state index in [0.717, 1.165) is 30.2 Å². The largest absolute Gasteiger partial charge is 0.393 e. The van der Waals surface area contributed by atoms with Crippen LogP contribution in [0.15, 0.2) is 6.07 Å². The number of anilines is 1. The van der Waals surface area contributed by atoms with Crippen LogP contribution in [0.1, 0.15) is 37.2 Å². The minimum Gasteiger partial charge on any atom is -0.393 e. The summed E-state index contributed by atoms with van der Waals surface area (Å²) in [5, 5.41) is 9.80. The fraction of sp³-hybridized carbons (Fsp3) is 0.692. The molecule has 17 heavy (non-hydrogen) atoms. The third kappa shape index (κ3) is 1.90. The number of aromatic nitrogens is 2. The Bertz CT molecular complexity index is 400. The van der Waals surface area contributed by atoms with Crippen LogP contribution < -0.4 is 4.90 Å². The molecule has 92 valence electrons. The maximum atomic E-state index is 9.80. The quantitative estimate of drug-likeness (QED) is 0.800. The summed E-state index contributed by atoms with van der Waals surface area (Å²) >= 11 is 0. The van der Waals surface area contributed by atoms with Gasteiger partial charge >= 0.3 is 0 Å². The van der Waals surface area contributed by atoms with Crippen molar-refractivity contribution in [1.82, 2.24) is 9.97 Å². The second-order valence-corrected chi connectivity index (χ2v) is 5.33. The van der Waals surface area contributed by atoms with Crippen LogP contribution in [0.3, 0.4) is 0 Å². The number of fused-ring (bicyclic) bond motifs is 2. The van der Waals surface area contributed by atoms with Gasteiger partial charge in [0.1, 0.15) is 11.6 Å². The Labute approximate surface area is 102 Å². The first-order valence-corrected chi connectivity index (χ1v) is 6.42. The smallest absolute Gasteiger partial charge is 0.133 e. The zero-order valence-corrected chi connectivity index (χ0v) is 10.4. The molecule has 0 aromatic carbocycles. The molecule has 3 heterocycles. The Balaban J connectivity index is 1.94. The highest BCUT2D eigenvalue weighted by atomic mass is 16.3. The van der Waals surface area contributed by atoms with Crippen molar-refractivity contribution in [2.45, 2.75) is 57.7 Å². The lowest BCUT2D eigenvalue weighted by Gasteiger charge is -2.38. The number of piperidine rings is 1. The van der Waals surface area contributed by atoms with E-state index in [1.165, 1.54) is 12.8 Å². The van der Waals surface area contributed by atoms with E-state index < -0.39 is 0 Å². The van der Waals surface area contributed by atoms with Crippen molar-refractivity contribution >= 4 is 5.82 Å². The van der Waals surface area contributed by atoms with Crippen LogP contribution in [0.2, 0.25) is 0 Å². The van der Waals surface area contributed by atoms with E-state index >= 15 is 0 Å². The van der Waals surface area contributed by atoms with Crippen LogP contribution >= 0.6 is 0 Å². The van der Waals surface area contributed by atoms with Gasteiger partial charge in [0.2, 0.25) is 0 Å². The van der Waals surface area contributed by atoms with Crippen molar-refractivity contribution in [2.75, 3.05) is 4.90 Å². The summed E-state index contributed by atoms with van der Waals surface area (Å²) in [6, 6.07) is 3.01. The number of hydrogen-bond donors (Lipinski definition) is 1. The SMILES string of the molecule is Cc1cc(N2C3CCC2CC(O)C3)nc(C)n1. The van der Waals surface area contributed by atoms with E-state index in [1.807, 2.05) is 13.8 Å². The molecule has 2 aliphatic heterocycles. The summed E-state index contributed by atoms with van der Waals surface area (Å²) in [5.41, 5.74) is 1.03. The highest BCUT2D eigenvalue weighted by molar-refractivity contribution is 5.45. The van der Waals surface area contributed by atoms with Crippen molar-refractivity contribution in [3.8, 4) is 0 Å². The lowest BCUT2D eigenvalue weighted by molar-refractivity contribution is 0.126. The third-order valence-electron chi connectivity index (χ3n) is 3.93. The summed E-state index contributed by atoms with van der Waals surface area (Å²) < 4.78 is 0. The predicted octanol–water partition coefficient (Wildman–Crippen LogP) is 1.59. The van der Waals surface area contributed by atoms with E-state index in [2.05, 4.69) is 20.9 Å². The molecule has 0 aliphatic carbocycles. The molecule has 4 nitrogen and oxygen atoms in total. The molecule has 2 bridgehead atoms. The van der Waals surface area contributed by atoms with E-state index in [0.29, 0.717) is 12.1 Å². The van der Waals surface area contributed by atoms with Gasteiger partial charge in [-0.1, -0.05) is 0 Å². The lowest BCUT2D eigenvalue weighted by atomic mass is 10.00. The molecule has 2 atom stereocenters. The van der Waals surface area contributed by atoms with Gasteiger partial charge < -0.3 is 10.0 Å². The fourth-order valence-corrected chi connectivity index (χ4v) is 3.35. The van der Waals surface area contributed by atoms with E-state index in [1.54, 1.807) is 0 Å². The van der Waals surface area contributed by atoms with Gasteiger partial charge in [0.15, 0.2) is 0 Å². The minimum absolute atomic E-state index is 0.118. The van der Waals surface area contributed by atoms with Gasteiger partial charge in [-0.05, 0) is 39.5 Å². The third-order valence-corrected chi connectivity index (χ3v) is 3.93. The molecule has 1 aromatic heterocycles. The van der Waals surface area contributed by atoms with Gasteiger partial charge in [0, 0.05) is 23.8 Å². The van der Waals surface area contributed by atoms with Crippen LogP contribution in [-0.2, 0) is 0 Å². The summed E-state index contributed by atoms with van der Waals surface area (Å²) in [7, 11) is 0. The zero-order valence-electron chi connectivity index (χ0n) is 10.4. The van der Waals surface area contributed by atoms with Crippen LogP contribution in [-0.4, -0.2) is 33.3 Å². The first kappa shape index (κ1) is 11.0. The number of aliphatic hydroxyl groups is 1. The minimum atomic E-state index is -0.118. The van der Waals surface area contributed by atoms with Gasteiger partial charge in [-0.3, -0.25) is 0 Å². The van der Waals surface area contributed by atoms with Gasteiger partial charge in [0.05, 0.1) is 6.10 Å². The summed E-state index contributed by atoms with van der Waals surface area (Å²) in [6.07, 6.45) is 4.03. The second kappa shape index (κ2) is 3.95. The zero-order chi connectivity index (χ0) is 12.0. The topological polar surface area (TPSA) is 49.2 Å². The van der Waals surface area contributed by atoms with Crippen molar-refractivity contribution in [3.05, 3.63) is 17.6 Å². The molecule has 1 aromatic rings. The maximum Gasteiger partial charge on any atom is 0.133 e. The Morgan fingerprint density at radius 1 is 1.18 bits per heavy atom. The Morgan fingerprint density at radius 2 is 1.82 bits per heavy atom. The van der Waals surface area contributed by atoms with Crippen LogP contribution in [0.25, 0.3) is 0 Å². The Hall–Kier alpha value is -1.16. The van der Waals surface area contributed by atoms with Gasteiger partial charge in [0.25, 0.3) is 0 Å². The van der Waals surface area contributed by atoms with E-state index in [9.17, 15) is 5.11 Å². The van der Waals surface area contributed by atoms with E-state index in [-0.39, 0.29) is 6.10 Å². The van der Waals surface area contributed by atoms with Crippen LogP contribution in [0.5, 0.6) is 0 Å². The molecule has 2 unspecified atom stereocenters. The highest BCUT2D eigenvalue weighted by Crippen LogP contribution is 2.38. The molecule has 1 N–H and O–H groups in total. The van der Waals surface area contributed by atoms with Gasteiger partial charge in [-0.15, -0.1) is 0 Å².